The van der Waals surface area contributed by atoms with E-state index in [2.05, 4.69) is 15.9 Å². The van der Waals surface area contributed by atoms with Gasteiger partial charge < -0.3 is 14.4 Å². The summed E-state index contributed by atoms with van der Waals surface area (Å²) in [6, 6.07) is 18.4. The number of rotatable bonds is 5. The molecule has 0 fully saturated rings. The van der Waals surface area contributed by atoms with Gasteiger partial charge in [-0.25, -0.2) is 12.4 Å². The molecule has 1 aromatic heterocycles. The standard InChI is InChI=1S/C28H23BrN2O6S/c1-36-24-13-12-21(29)25(27(24)37-2)28(33)30-16-14-20-19-10-6-7-11-22(19)31(26(20)23(32)15-17-30)38(34,35)18-8-4-3-5-9-18/h3-13,15,17H,14,16H2,1-2H3/b17-15-. The van der Waals surface area contributed by atoms with Crippen LogP contribution < -0.4 is 9.47 Å². The second kappa shape index (κ2) is 10.1. The van der Waals surface area contributed by atoms with Crippen LogP contribution in [0.4, 0.5) is 0 Å². The summed E-state index contributed by atoms with van der Waals surface area (Å²) in [6.07, 6.45) is 2.86. The number of benzene rings is 3. The zero-order valence-corrected chi connectivity index (χ0v) is 23.0. The molecule has 0 unspecified atom stereocenters. The average molecular weight is 595 g/mol. The maximum atomic E-state index is 13.7. The minimum atomic E-state index is -4.08. The van der Waals surface area contributed by atoms with Crippen LogP contribution in [0.3, 0.4) is 0 Å². The molecular weight excluding hydrogens is 572 g/mol. The highest BCUT2D eigenvalue weighted by atomic mass is 79.9. The summed E-state index contributed by atoms with van der Waals surface area (Å²) in [4.78, 5) is 28.7. The van der Waals surface area contributed by atoms with Crippen molar-refractivity contribution >= 4 is 48.5 Å². The molecule has 0 spiro atoms. The van der Waals surface area contributed by atoms with Gasteiger partial charge in [-0.05, 0) is 58.2 Å². The molecule has 0 saturated heterocycles. The fraction of sp³-hybridized carbons (Fsp3) is 0.143. The molecule has 10 heteroatoms. The summed E-state index contributed by atoms with van der Waals surface area (Å²) in [5.74, 6) is -0.270. The van der Waals surface area contributed by atoms with Crippen molar-refractivity contribution in [1.29, 1.82) is 0 Å². The second-order valence-electron chi connectivity index (χ2n) is 8.51. The van der Waals surface area contributed by atoms with Gasteiger partial charge in [0.2, 0.25) is 5.78 Å². The van der Waals surface area contributed by atoms with E-state index in [1.54, 1.807) is 54.6 Å². The number of carbonyl (C=O) groups is 2. The Hall–Kier alpha value is -3.89. The topological polar surface area (TPSA) is 94.9 Å². The molecule has 2 heterocycles. The van der Waals surface area contributed by atoms with Crippen LogP contribution in [0.25, 0.3) is 10.9 Å². The maximum absolute atomic E-state index is 13.7. The first-order valence-electron chi connectivity index (χ1n) is 11.7. The summed E-state index contributed by atoms with van der Waals surface area (Å²) in [6.45, 7) is 0.196. The van der Waals surface area contributed by atoms with Crippen LogP contribution in [0.5, 0.6) is 11.5 Å². The third-order valence-electron chi connectivity index (χ3n) is 6.43. The zero-order chi connectivity index (χ0) is 27.0. The fourth-order valence-corrected chi connectivity index (χ4v) is 6.74. The molecule has 0 bridgehead atoms. The minimum Gasteiger partial charge on any atom is -0.493 e. The average Bonchev–Trinajstić information content (AvgIpc) is 3.26. The van der Waals surface area contributed by atoms with Gasteiger partial charge in [-0.2, -0.15) is 0 Å². The lowest BCUT2D eigenvalue weighted by Gasteiger charge is -2.23. The Morgan fingerprint density at radius 1 is 0.947 bits per heavy atom. The van der Waals surface area contributed by atoms with Crippen molar-refractivity contribution < 1.29 is 27.5 Å². The van der Waals surface area contributed by atoms with Gasteiger partial charge in [0.1, 0.15) is 5.69 Å². The number of para-hydroxylation sites is 1. The molecule has 0 atom stereocenters. The Labute approximate surface area is 228 Å². The Bertz CT molecular complexity index is 1710. The number of halogens is 1. The number of hydrogen-bond acceptors (Lipinski definition) is 6. The second-order valence-corrected chi connectivity index (χ2v) is 11.2. The lowest BCUT2D eigenvalue weighted by molar-refractivity contribution is 0.0817. The van der Waals surface area contributed by atoms with Crippen molar-refractivity contribution in [1.82, 2.24) is 8.87 Å². The van der Waals surface area contributed by atoms with E-state index in [9.17, 15) is 18.0 Å². The van der Waals surface area contributed by atoms with Gasteiger partial charge in [0.05, 0.1) is 30.2 Å². The largest absolute Gasteiger partial charge is 0.493 e. The Kier molecular flexibility index (Phi) is 6.85. The molecule has 0 radical (unpaired) electrons. The van der Waals surface area contributed by atoms with Crippen LogP contribution in [0.1, 0.15) is 26.4 Å². The van der Waals surface area contributed by atoms with Crippen molar-refractivity contribution in [3.63, 3.8) is 0 Å². The van der Waals surface area contributed by atoms with Gasteiger partial charge in [0.15, 0.2) is 11.5 Å². The van der Waals surface area contributed by atoms with Gasteiger partial charge >= 0.3 is 0 Å². The zero-order valence-electron chi connectivity index (χ0n) is 20.5. The fourth-order valence-electron chi connectivity index (χ4n) is 4.68. The van der Waals surface area contributed by atoms with E-state index in [1.165, 1.54) is 43.5 Å². The number of carbonyl (C=O) groups excluding carboxylic acids is 2. The van der Waals surface area contributed by atoms with Crippen LogP contribution in [-0.4, -0.2) is 49.7 Å². The molecule has 1 amide bonds. The number of allylic oxidation sites excluding steroid dienone is 1. The van der Waals surface area contributed by atoms with Gasteiger partial charge in [-0.15, -0.1) is 0 Å². The molecule has 0 saturated carbocycles. The maximum Gasteiger partial charge on any atom is 0.268 e. The summed E-state index contributed by atoms with van der Waals surface area (Å²) < 4.78 is 39.9. The van der Waals surface area contributed by atoms with Gasteiger partial charge in [-0.3, -0.25) is 9.59 Å². The number of ether oxygens (including phenoxy) is 2. The highest BCUT2D eigenvalue weighted by molar-refractivity contribution is 9.10. The van der Waals surface area contributed by atoms with E-state index < -0.39 is 21.7 Å². The summed E-state index contributed by atoms with van der Waals surface area (Å²) in [5.41, 5.74) is 1.28. The monoisotopic (exact) mass is 594 g/mol. The van der Waals surface area contributed by atoms with Crippen molar-refractivity contribution in [3.05, 3.63) is 100 Å². The molecule has 194 valence electrons. The first kappa shape index (κ1) is 25.7. The molecule has 0 aliphatic carbocycles. The Balaban J connectivity index is 1.63. The molecule has 4 aromatic rings. The van der Waals surface area contributed by atoms with Crippen LogP contribution in [0.2, 0.25) is 0 Å². The molecule has 0 N–H and O–H groups in total. The number of hydrogen-bond donors (Lipinski definition) is 0. The SMILES string of the molecule is COc1ccc(Br)c(C(=O)N2/C=C\C(=O)c3c(c4ccccc4n3S(=O)(=O)c3ccccc3)CC2)c1OC. The van der Waals surface area contributed by atoms with E-state index in [4.69, 9.17) is 9.47 Å². The first-order valence-corrected chi connectivity index (χ1v) is 13.9. The summed E-state index contributed by atoms with van der Waals surface area (Å²) in [5, 5.41) is 0.637. The quantitative estimate of drug-likeness (QED) is 0.321. The predicted octanol–water partition coefficient (Wildman–Crippen LogP) is 5.05. The Morgan fingerprint density at radius 2 is 1.66 bits per heavy atom. The van der Waals surface area contributed by atoms with E-state index in [0.717, 1.165) is 3.97 Å². The molecule has 1 aliphatic rings. The molecular formula is C28H23BrN2O6S. The highest BCUT2D eigenvalue weighted by Crippen LogP contribution is 2.38. The lowest BCUT2D eigenvalue weighted by atomic mass is 10.0. The molecule has 1 aliphatic heterocycles. The number of methoxy groups -OCH3 is 2. The molecule has 8 nitrogen and oxygen atoms in total. The van der Waals surface area contributed by atoms with Crippen molar-refractivity contribution in [3.8, 4) is 11.5 Å². The van der Waals surface area contributed by atoms with Crippen LogP contribution in [-0.2, 0) is 16.4 Å². The predicted molar refractivity (Wildman–Crippen MR) is 146 cm³/mol. The highest BCUT2D eigenvalue weighted by Gasteiger charge is 2.32. The normalized spacial score (nSPS) is 14.5. The van der Waals surface area contributed by atoms with E-state index in [1.807, 2.05) is 0 Å². The molecule has 5 rings (SSSR count). The van der Waals surface area contributed by atoms with Crippen LogP contribution in [0, 0.1) is 0 Å². The Morgan fingerprint density at radius 3 is 2.37 bits per heavy atom. The lowest BCUT2D eigenvalue weighted by Crippen LogP contribution is -2.31. The third kappa shape index (κ3) is 4.19. The van der Waals surface area contributed by atoms with E-state index in [-0.39, 0.29) is 34.9 Å². The summed E-state index contributed by atoms with van der Waals surface area (Å²) >= 11 is 3.43. The van der Waals surface area contributed by atoms with Crippen LogP contribution >= 0.6 is 15.9 Å². The molecule has 3 aromatic carbocycles. The van der Waals surface area contributed by atoms with Crippen molar-refractivity contribution in [2.75, 3.05) is 20.8 Å². The number of aromatic nitrogens is 1. The smallest absolute Gasteiger partial charge is 0.268 e. The van der Waals surface area contributed by atoms with Gasteiger partial charge in [0.25, 0.3) is 15.9 Å². The van der Waals surface area contributed by atoms with Crippen LogP contribution in [0.15, 0.2) is 88.4 Å². The first-order chi connectivity index (χ1) is 18.3. The van der Waals surface area contributed by atoms with E-state index in [0.29, 0.717) is 26.7 Å². The number of nitrogens with zero attached hydrogens (tertiary/aromatic N) is 2. The van der Waals surface area contributed by atoms with Gasteiger partial charge in [0, 0.05) is 28.7 Å². The number of ketones is 1. The van der Waals surface area contributed by atoms with Gasteiger partial charge in [-0.1, -0.05) is 36.4 Å². The number of amides is 1. The van der Waals surface area contributed by atoms with E-state index >= 15 is 0 Å². The summed E-state index contributed by atoms with van der Waals surface area (Å²) in [7, 11) is -1.15. The third-order valence-corrected chi connectivity index (χ3v) is 8.82. The molecule has 38 heavy (non-hydrogen) atoms. The number of fused-ring (bicyclic) bond motifs is 3. The minimum absolute atomic E-state index is 0.0681. The van der Waals surface area contributed by atoms with Crippen molar-refractivity contribution in [2.45, 2.75) is 11.3 Å². The van der Waals surface area contributed by atoms with Crippen molar-refractivity contribution in [2.24, 2.45) is 0 Å².